The topological polar surface area (TPSA) is 60.2 Å². The Morgan fingerprint density at radius 3 is 2.89 bits per heavy atom. The molecule has 0 atom stereocenters. The molecule has 1 aromatic carbocycles. The summed E-state index contributed by atoms with van der Waals surface area (Å²) in [5.41, 5.74) is 1.14. The van der Waals surface area contributed by atoms with Crippen LogP contribution in [0.25, 0.3) is 22.1 Å². The first kappa shape index (κ1) is 11.6. The van der Waals surface area contributed by atoms with E-state index in [2.05, 4.69) is 4.98 Å². The summed E-state index contributed by atoms with van der Waals surface area (Å²) in [4.78, 5) is 28.1. The van der Waals surface area contributed by atoms with Gasteiger partial charge in [-0.2, -0.15) is 0 Å². The Morgan fingerprint density at radius 1 is 1.26 bits per heavy atom. The number of benzene rings is 1. The van der Waals surface area contributed by atoms with Crippen LogP contribution in [0.4, 0.5) is 0 Å². The van der Waals surface area contributed by atoms with Crippen LogP contribution < -0.4 is 5.43 Å². The number of nitrogens with zero attached hydrogens (tertiary/aromatic N) is 1. The van der Waals surface area contributed by atoms with E-state index in [4.69, 9.17) is 4.42 Å². The largest absolute Gasteiger partial charge is 0.437 e. The van der Waals surface area contributed by atoms with Gasteiger partial charge in [0.05, 0.1) is 10.8 Å². The summed E-state index contributed by atoms with van der Waals surface area (Å²) in [6.07, 6.45) is 1.98. The SMILES string of the molecule is CCC(=O)c1ccc2oc3ncccc3c(=O)c2c1. The van der Waals surface area contributed by atoms with Crippen molar-refractivity contribution in [3.63, 3.8) is 0 Å². The van der Waals surface area contributed by atoms with Crippen molar-refractivity contribution in [3.8, 4) is 0 Å². The molecule has 3 aromatic rings. The van der Waals surface area contributed by atoms with E-state index in [0.717, 1.165) is 0 Å². The molecular formula is C15H11NO3. The number of aromatic nitrogens is 1. The van der Waals surface area contributed by atoms with Gasteiger partial charge in [0, 0.05) is 18.2 Å². The summed E-state index contributed by atoms with van der Waals surface area (Å²) in [5.74, 6) is 0.00702. The Kier molecular flexibility index (Phi) is 2.63. The van der Waals surface area contributed by atoms with Gasteiger partial charge in [0.25, 0.3) is 0 Å². The fraction of sp³-hybridized carbons (Fsp3) is 0.133. The van der Waals surface area contributed by atoms with E-state index in [9.17, 15) is 9.59 Å². The molecule has 0 aliphatic heterocycles. The molecule has 0 unspecified atom stereocenters. The summed E-state index contributed by atoms with van der Waals surface area (Å²) >= 11 is 0. The second-order valence-electron chi connectivity index (χ2n) is 4.27. The number of fused-ring (bicyclic) bond motifs is 2. The summed E-state index contributed by atoms with van der Waals surface area (Å²) in [6, 6.07) is 8.27. The summed E-state index contributed by atoms with van der Waals surface area (Å²) in [5, 5.41) is 0.843. The van der Waals surface area contributed by atoms with Crippen molar-refractivity contribution in [3.05, 3.63) is 52.3 Å². The van der Waals surface area contributed by atoms with Gasteiger partial charge in [-0.05, 0) is 30.3 Å². The standard InChI is InChI=1S/C15H11NO3/c1-2-12(17)9-5-6-13-11(8-9)14(18)10-4-3-7-16-15(10)19-13/h3-8H,2H2,1H3. The van der Waals surface area contributed by atoms with Gasteiger partial charge in [0.1, 0.15) is 5.58 Å². The van der Waals surface area contributed by atoms with Crippen molar-refractivity contribution in [2.75, 3.05) is 0 Å². The molecule has 3 rings (SSSR count). The predicted molar refractivity (Wildman–Crippen MR) is 72.4 cm³/mol. The van der Waals surface area contributed by atoms with E-state index < -0.39 is 0 Å². The van der Waals surface area contributed by atoms with Crippen LogP contribution in [-0.2, 0) is 0 Å². The first-order valence-electron chi connectivity index (χ1n) is 6.05. The first-order chi connectivity index (χ1) is 9.20. The molecule has 0 saturated carbocycles. The molecule has 94 valence electrons. The third kappa shape index (κ3) is 1.81. The number of hydrogen-bond donors (Lipinski definition) is 0. The van der Waals surface area contributed by atoms with Gasteiger partial charge in [-0.1, -0.05) is 6.92 Å². The summed E-state index contributed by atoms with van der Waals surface area (Å²) < 4.78 is 5.57. The van der Waals surface area contributed by atoms with Gasteiger partial charge in [0.2, 0.25) is 11.1 Å². The maximum Gasteiger partial charge on any atom is 0.230 e. The molecule has 0 saturated heterocycles. The van der Waals surface area contributed by atoms with E-state index in [1.54, 1.807) is 43.5 Å². The van der Waals surface area contributed by atoms with Crippen LogP contribution >= 0.6 is 0 Å². The van der Waals surface area contributed by atoms with Crippen LogP contribution in [0.2, 0.25) is 0 Å². The van der Waals surface area contributed by atoms with Gasteiger partial charge in [-0.25, -0.2) is 4.98 Å². The third-order valence-electron chi connectivity index (χ3n) is 3.09. The molecule has 0 radical (unpaired) electrons. The van der Waals surface area contributed by atoms with Crippen molar-refractivity contribution in [2.24, 2.45) is 0 Å². The minimum atomic E-state index is -0.157. The van der Waals surface area contributed by atoms with Crippen molar-refractivity contribution >= 4 is 27.9 Å². The van der Waals surface area contributed by atoms with Crippen molar-refractivity contribution in [2.45, 2.75) is 13.3 Å². The molecule has 0 N–H and O–H groups in total. The molecule has 4 heteroatoms. The average molecular weight is 253 g/mol. The highest BCUT2D eigenvalue weighted by molar-refractivity contribution is 6.00. The summed E-state index contributed by atoms with van der Waals surface area (Å²) in [6.45, 7) is 1.79. The van der Waals surface area contributed by atoms with E-state index >= 15 is 0 Å². The maximum absolute atomic E-state index is 12.3. The van der Waals surface area contributed by atoms with Crippen LogP contribution in [0.15, 0.2) is 45.7 Å². The van der Waals surface area contributed by atoms with Gasteiger partial charge in [-0.3, -0.25) is 9.59 Å². The lowest BCUT2D eigenvalue weighted by atomic mass is 10.1. The first-order valence-corrected chi connectivity index (χ1v) is 6.05. The maximum atomic E-state index is 12.3. The van der Waals surface area contributed by atoms with Crippen LogP contribution in [0, 0.1) is 0 Å². The Balaban J connectivity index is 2.40. The molecule has 4 nitrogen and oxygen atoms in total. The number of hydrogen-bond acceptors (Lipinski definition) is 4. The number of pyridine rings is 1. The second-order valence-corrected chi connectivity index (χ2v) is 4.27. The van der Waals surface area contributed by atoms with Crippen LogP contribution in [0.5, 0.6) is 0 Å². The Bertz CT molecular complexity index is 849. The van der Waals surface area contributed by atoms with Gasteiger partial charge < -0.3 is 4.42 Å². The van der Waals surface area contributed by atoms with Crippen molar-refractivity contribution < 1.29 is 9.21 Å². The third-order valence-corrected chi connectivity index (χ3v) is 3.09. The Hall–Kier alpha value is -2.49. The summed E-state index contributed by atoms with van der Waals surface area (Å²) in [7, 11) is 0. The fourth-order valence-electron chi connectivity index (χ4n) is 2.07. The van der Waals surface area contributed by atoms with Crippen molar-refractivity contribution in [1.29, 1.82) is 0 Å². The normalized spacial score (nSPS) is 11.0. The van der Waals surface area contributed by atoms with Crippen LogP contribution in [0.3, 0.4) is 0 Å². The fourth-order valence-corrected chi connectivity index (χ4v) is 2.07. The van der Waals surface area contributed by atoms with Gasteiger partial charge >= 0.3 is 0 Å². The highest BCUT2D eigenvalue weighted by atomic mass is 16.3. The quantitative estimate of drug-likeness (QED) is 0.520. The minimum Gasteiger partial charge on any atom is -0.437 e. The highest BCUT2D eigenvalue weighted by Gasteiger charge is 2.10. The smallest absolute Gasteiger partial charge is 0.230 e. The minimum absolute atomic E-state index is 0.00702. The van der Waals surface area contributed by atoms with Gasteiger partial charge in [-0.15, -0.1) is 0 Å². The molecule has 0 spiro atoms. The zero-order valence-corrected chi connectivity index (χ0v) is 10.3. The predicted octanol–water partition coefficient (Wildman–Crippen LogP) is 2.93. The molecule has 0 fully saturated rings. The molecule has 2 aromatic heterocycles. The number of carbonyl (C=O) groups excluding carboxylic acids is 1. The molecule has 19 heavy (non-hydrogen) atoms. The Labute approximate surface area is 108 Å². The van der Waals surface area contributed by atoms with E-state index in [1.807, 2.05) is 0 Å². The zero-order valence-electron chi connectivity index (χ0n) is 10.3. The molecule has 0 aliphatic rings. The second kappa shape index (κ2) is 4.31. The van der Waals surface area contributed by atoms with E-state index in [-0.39, 0.29) is 11.2 Å². The molecular weight excluding hydrogens is 242 g/mol. The number of rotatable bonds is 2. The number of ketones is 1. The Morgan fingerprint density at radius 2 is 2.11 bits per heavy atom. The number of Topliss-reactive ketones (excluding diaryl/α,β-unsaturated/α-hetero) is 1. The van der Waals surface area contributed by atoms with E-state index in [1.165, 1.54) is 0 Å². The van der Waals surface area contributed by atoms with Crippen LogP contribution in [-0.4, -0.2) is 10.8 Å². The van der Waals surface area contributed by atoms with Crippen molar-refractivity contribution in [1.82, 2.24) is 4.98 Å². The molecule has 2 heterocycles. The monoisotopic (exact) mass is 253 g/mol. The molecule has 0 aliphatic carbocycles. The molecule has 0 amide bonds. The lowest BCUT2D eigenvalue weighted by molar-refractivity contribution is 0.0988. The number of carbonyl (C=O) groups is 1. The average Bonchev–Trinajstić information content (AvgIpc) is 2.46. The molecule has 0 bridgehead atoms. The lowest BCUT2D eigenvalue weighted by Gasteiger charge is -2.02. The zero-order chi connectivity index (χ0) is 13.4. The van der Waals surface area contributed by atoms with Gasteiger partial charge in [0.15, 0.2) is 5.78 Å². The highest BCUT2D eigenvalue weighted by Crippen LogP contribution is 2.18. The van der Waals surface area contributed by atoms with Crippen LogP contribution in [0.1, 0.15) is 23.7 Å². The van der Waals surface area contributed by atoms with E-state index in [0.29, 0.717) is 34.1 Å². The lowest BCUT2D eigenvalue weighted by Crippen LogP contribution is -2.05.